The van der Waals surface area contributed by atoms with E-state index in [-0.39, 0.29) is 26.4 Å². The lowest BCUT2D eigenvalue weighted by atomic mass is 10.1. The van der Waals surface area contributed by atoms with E-state index in [1.165, 1.54) is 23.5 Å². The summed E-state index contributed by atoms with van der Waals surface area (Å²) in [6, 6.07) is 2.91. The second-order valence-electron chi connectivity index (χ2n) is 4.21. The summed E-state index contributed by atoms with van der Waals surface area (Å²) in [5.41, 5.74) is 0.640. The highest BCUT2D eigenvalue weighted by atomic mass is 35.5. The molecule has 2 N–H and O–H groups in total. The maximum absolute atomic E-state index is 12.2. The van der Waals surface area contributed by atoms with Gasteiger partial charge >= 0.3 is 5.97 Å². The van der Waals surface area contributed by atoms with Crippen LogP contribution in [-0.4, -0.2) is 22.0 Å². The van der Waals surface area contributed by atoms with Gasteiger partial charge in [-0.3, -0.25) is 4.79 Å². The SMILES string of the molecule is Cc1sc(NC(=O)c2nc(Cl)ccc2Cl)c(C(=O)O)c1C. The lowest BCUT2D eigenvalue weighted by molar-refractivity contribution is 0.0697. The number of halogens is 2. The van der Waals surface area contributed by atoms with Crippen LogP contribution in [0.5, 0.6) is 0 Å². The van der Waals surface area contributed by atoms with E-state index in [1.54, 1.807) is 13.8 Å². The summed E-state index contributed by atoms with van der Waals surface area (Å²) in [6.07, 6.45) is 0. The number of aryl methyl sites for hydroxylation is 1. The molecule has 2 rings (SSSR count). The fourth-order valence-electron chi connectivity index (χ4n) is 1.71. The van der Waals surface area contributed by atoms with E-state index in [1.807, 2.05) is 0 Å². The number of rotatable bonds is 3. The quantitative estimate of drug-likeness (QED) is 0.824. The number of thiophene rings is 1. The Morgan fingerprint density at radius 1 is 1.29 bits per heavy atom. The summed E-state index contributed by atoms with van der Waals surface area (Å²) in [5.74, 6) is -1.71. The number of hydrogen-bond acceptors (Lipinski definition) is 4. The maximum Gasteiger partial charge on any atom is 0.338 e. The highest BCUT2D eigenvalue weighted by Crippen LogP contribution is 2.33. The molecule has 0 aliphatic rings. The molecule has 0 aromatic carbocycles. The first-order valence-corrected chi connectivity index (χ1v) is 7.35. The minimum Gasteiger partial charge on any atom is -0.478 e. The Hall–Kier alpha value is -1.63. The smallest absolute Gasteiger partial charge is 0.338 e. The van der Waals surface area contributed by atoms with Gasteiger partial charge < -0.3 is 10.4 Å². The standard InChI is InChI=1S/C13H10Cl2N2O3S/c1-5-6(2)21-12(9(5)13(19)20)17-11(18)10-7(14)3-4-8(15)16-10/h3-4H,1-2H3,(H,17,18)(H,19,20). The van der Waals surface area contributed by atoms with Crippen molar-refractivity contribution in [1.82, 2.24) is 4.98 Å². The number of nitrogens with zero attached hydrogens (tertiary/aromatic N) is 1. The third kappa shape index (κ3) is 3.18. The van der Waals surface area contributed by atoms with Crippen molar-refractivity contribution in [3.8, 4) is 0 Å². The minimum absolute atomic E-state index is 0.0517. The monoisotopic (exact) mass is 344 g/mol. The molecule has 2 aromatic rings. The average molecular weight is 345 g/mol. The first-order chi connectivity index (χ1) is 9.81. The molecule has 8 heteroatoms. The number of aromatic carboxylic acids is 1. The molecule has 0 aliphatic carbocycles. The van der Waals surface area contributed by atoms with Crippen LogP contribution in [0.25, 0.3) is 0 Å². The average Bonchev–Trinajstić information content (AvgIpc) is 2.67. The fourth-order valence-corrected chi connectivity index (χ4v) is 3.10. The second-order valence-corrected chi connectivity index (χ2v) is 6.23. The van der Waals surface area contributed by atoms with E-state index < -0.39 is 11.9 Å². The van der Waals surface area contributed by atoms with Crippen molar-refractivity contribution in [2.24, 2.45) is 0 Å². The van der Waals surface area contributed by atoms with Gasteiger partial charge in [0.2, 0.25) is 0 Å². The van der Waals surface area contributed by atoms with Gasteiger partial charge in [0.25, 0.3) is 5.91 Å². The Morgan fingerprint density at radius 3 is 2.57 bits per heavy atom. The van der Waals surface area contributed by atoms with Crippen molar-refractivity contribution in [2.75, 3.05) is 5.32 Å². The summed E-state index contributed by atoms with van der Waals surface area (Å²) < 4.78 is 0. The summed E-state index contributed by atoms with van der Waals surface area (Å²) in [5, 5.41) is 12.3. The van der Waals surface area contributed by atoms with Crippen LogP contribution in [0.3, 0.4) is 0 Å². The van der Waals surface area contributed by atoms with E-state index in [0.29, 0.717) is 5.56 Å². The number of carboxylic acid groups (broad SMARTS) is 1. The zero-order valence-corrected chi connectivity index (χ0v) is 13.4. The molecular weight excluding hydrogens is 335 g/mol. The molecule has 2 heterocycles. The molecular formula is C13H10Cl2N2O3S. The van der Waals surface area contributed by atoms with Gasteiger partial charge in [-0.1, -0.05) is 23.2 Å². The molecule has 110 valence electrons. The summed E-state index contributed by atoms with van der Waals surface area (Å²) in [4.78, 5) is 28.1. The normalized spacial score (nSPS) is 10.5. The van der Waals surface area contributed by atoms with E-state index in [0.717, 1.165) is 4.88 Å². The van der Waals surface area contributed by atoms with Gasteiger partial charge in [0, 0.05) is 4.88 Å². The van der Waals surface area contributed by atoms with Crippen LogP contribution >= 0.6 is 34.5 Å². The number of carbonyl (C=O) groups is 2. The van der Waals surface area contributed by atoms with Gasteiger partial charge in [-0.05, 0) is 31.5 Å². The Bertz CT molecular complexity index is 743. The van der Waals surface area contributed by atoms with Crippen LogP contribution in [0.2, 0.25) is 10.2 Å². The molecule has 2 aromatic heterocycles. The van der Waals surface area contributed by atoms with Gasteiger partial charge in [-0.25, -0.2) is 9.78 Å². The molecule has 0 spiro atoms. The predicted molar refractivity (Wildman–Crippen MR) is 83.0 cm³/mol. The molecule has 0 fully saturated rings. The van der Waals surface area contributed by atoms with Gasteiger partial charge in [-0.15, -0.1) is 11.3 Å². The summed E-state index contributed by atoms with van der Waals surface area (Å²) >= 11 is 12.8. The number of nitrogens with one attached hydrogen (secondary N) is 1. The zero-order valence-electron chi connectivity index (χ0n) is 11.0. The van der Waals surface area contributed by atoms with Crippen LogP contribution in [-0.2, 0) is 0 Å². The van der Waals surface area contributed by atoms with Crippen LogP contribution < -0.4 is 5.32 Å². The lowest BCUT2D eigenvalue weighted by Gasteiger charge is -2.06. The van der Waals surface area contributed by atoms with E-state index >= 15 is 0 Å². The topological polar surface area (TPSA) is 79.3 Å². The number of hydrogen-bond donors (Lipinski definition) is 2. The first kappa shape index (κ1) is 15.8. The van der Waals surface area contributed by atoms with Crippen molar-refractivity contribution in [1.29, 1.82) is 0 Å². The second kappa shape index (κ2) is 6.01. The Labute approximate surface area is 134 Å². The van der Waals surface area contributed by atoms with Gasteiger partial charge in [0.05, 0.1) is 10.6 Å². The number of pyridine rings is 1. The third-order valence-corrected chi connectivity index (χ3v) is 4.49. The van der Waals surface area contributed by atoms with Crippen molar-refractivity contribution in [3.63, 3.8) is 0 Å². The van der Waals surface area contributed by atoms with Crippen molar-refractivity contribution in [2.45, 2.75) is 13.8 Å². The molecule has 5 nitrogen and oxygen atoms in total. The summed E-state index contributed by atoms with van der Waals surface area (Å²) in [7, 11) is 0. The zero-order chi connectivity index (χ0) is 15.7. The Balaban J connectivity index is 2.38. The molecule has 0 unspecified atom stereocenters. The van der Waals surface area contributed by atoms with Gasteiger partial charge in [0.15, 0.2) is 0 Å². The Morgan fingerprint density at radius 2 is 1.95 bits per heavy atom. The molecule has 0 bridgehead atoms. The van der Waals surface area contributed by atoms with Crippen LogP contribution in [0.1, 0.15) is 31.3 Å². The van der Waals surface area contributed by atoms with Crippen LogP contribution in [0.15, 0.2) is 12.1 Å². The number of aromatic nitrogens is 1. The highest BCUT2D eigenvalue weighted by Gasteiger charge is 2.22. The van der Waals surface area contributed by atoms with E-state index in [9.17, 15) is 14.7 Å². The number of anilines is 1. The minimum atomic E-state index is -1.10. The predicted octanol–water partition coefficient (Wildman–Crippen LogP) is 4.02. The molecule has 0 atom stereocenters. The van der Waals surface area contributed by atoms with E-state index in [4.69, 9.17) is 23.2 Å². The molecule has 0 radical (unpaired) electrons. The van der Waals surface area contributed by atoms with Crippen molar-refractivity contribution >= 4 is 51.4 Å². The van der Waals surface area contributed by atoms with Crippen LogP contribution in [0.4, 0.5) is 5.00 Å². The van der Waals surface area contributed by atoms with Gasteiger partial charge in [0.1, 0.15) is 15.8 Å². The van der Waals surface area contributed by atoms with Crippen molar-refractivity contribution < 1.29 is 14.7 Å². The molecule has 0 saturated carbocycles. The first-order valence-electron chi connectivity index (χ1n) is 5.78. The maximum atomic E-state index is 12.2. The van der Waals surface area contributed by atoms with Gasteiger partial charge in [-0.2, -0.15) is 0 Å². The largest absolute Gasteiger partial charge is 0.478 e. The molecule has 21 heavy (non-hydrogen) atoms. The van der Waals surface area contributed by atoms with E-state index in [2.05, 4.69) is 10.3 Å². The van der Waals surface area contributed by atoms with Crippen molar-refractivity contribution in [3.05, 3.63) is 44.0 Å². The number of carboxylic acids is 1. The molecule has 1 amide bonds. The summed E-state index contributed by atoms with van der Waals surface area (Å²) in [6.45, 7) is 3.47. The third-order valence-electron chi connectivity index (χ3n) is 2.85. The number of carbonyl (C=O) groups excluding carboxylic acids is 1. The van der Waals surface area contributed by atoms with Crippen LogP contribution in [0, 0.1) is 13.8 Å². The lowest BCUT2D eigenvalue weighted by Crippen LogP contribution is -2.15. The Kier molecular flexibility index (Phi) is 4.51. The number of amides is 1. The highest BCUT2D eigenvalue weighted by molar-refractivity contribution is 7.16. The molecule has 0 aliphatic heterocycles. The fraction of sp³-hybridized carbons (Fsp3) is 0.154. The molecule has 0 saturated heterocycles.